The van der Waals surface area contributed by atoms with Crippen LogP contribution < -0.4 is 5.73 Å². The zero-order valence-corrected chi connectivity index (χ0v) is 9.82. The summed E-state index contributed by atoms with van der Waals surface area (Å²) >= 11 is 0. The number of hydrogen-bond acceptors (Lipinski definition) is 3. The minimum Gasteiger partial charge on any atom is -0.409 e. The van der Waals surface area contributed by atoms with Gasteiger partial charge in [0.2, 0.25) is 0 Å². The second kappa shape index (κ2) is 5.95. The van der Waals surface area contributed by atoms with Gasteiger partial charge in [0.25, 0.3) is 0 Å². The standard InChI is InChI=1S/C11H23N3O/c1-3-9-5-4-6-10(7-9)14(2)8-11(12)13-15/h9-10,15H,3-8H2,1-2H3,(H2,12,13). The van der Waals surface area contributed by atoms with Gasteiger partial charge < -0.3 is 10.9 Å². The van der Waals surface area contributed by atoms with Crippen LogP contribution in [-0.2, 0) is 0 Å². The summed E-state index contributed by atoms with van der Waals surface area (Å²) in [6, 6.07) is 0.601. The molecule has 0 spiro atoms. The summed E-state index contributed by atoms with van der Waals surface area (Å²) in [5, 5.41) is 11.5. The van der Waals surface area contributed by atoms with Gasteiger partial charge in [0, 0.05) is 6.04 Å². The molecule has 0 saturated heterocycles. The Bertz CT molecular complexity index is 218. The van der Waals surface area contributed by atoms with Crippen LogP contribution in [0, 0.1) is 5.92 Å². The lowest BCUT2D eigenvalue weighted by Crippen LogP contribution is -2.41. The van der Waals surface area contributed by atoms with Crippen molar-refractivity contribution in [3.8, 4) is 0 Å². The van der Waals surface area contributed by atoms with E-state index in [9.17, 15) is 0 Å². The number of hydrogen-bond donors (Lipinski definition) is 2. The van der Waals surface area contributed by atoms with E-state index in [0.717, 1.165) is 5.92 Å². The highest BCUT2D eigenvalue weighted by Gasteiger charge is 2.24. The lowest BCUT2D eigenvalue weighted by atomic mass is 9.83. The van der Waals surface area contributed by atoms with Gasteiger partial charge in [-0.25, -0.2) is 0 Å². The molecule has 15 heavy (non-hydrogen) atoms. The maximum absolute atomic E-state index is 8.52. The van der Waals surface area contributed by atoms with Crippen molar-refractivity contribution in [2.24, 2.45) is 16.8 Å². The van der Waals surface area contributed by atoms with E-state index in [2.05, 4.69) is 24.0 Å². The zero-order chi connectivity index (χ0) is 11.3. The monoisotopic (exact) mass is 213 g/mol. The van der Waals surface area contributed by atoms with Crippen molar-refractivity contribution < 1.29 is 5.21 Å². The van der Waals surface area contributed by atoms with E-state index < -0.39 is 0 Å². The van der Waals surface area contributed by atoms with E-state index >= 15 is 0 Å². The highest BCUT2D eigenvalue weighted by atomic mass is 16.4. The van der Waals surface area contributed by atoms with Crippen LogP contribution in [0.3, 0.4) is 0 Å². The molecule has 3 N–H and O–H groups in total. The molecule has 1 fully saturated rings. The minimum atomic E-state index is 0.302. The summed E-state index contributed by atoms with van der Waals surface area (Å²) in [5.74, 6) is 1.16. The topological polar surface area (TPSA) is 61.8 Å². The van der Waals surface area contributed by atoms with E-state index in [1.165, 1.54) is 32.1 Å². The molecule has 0 heterocycles. The third-order valence-electron chi connectivity index (χ3n) is 3.50. The molecule has 88 valence electrons. The Morgan fingerprint density at radius 3 is 2.87 bits per heavy atom. The molecule has 0 aromatic rings. The first kappa shape index (κ1) is 12.3. The highest BCUT2D eigenvalue weighted by molar-refractivity contribution is 5.81. The largest absolute Gasteiger partial charge is 0.409 e. The van der Waals surface area contributed by atoms with Gasteiger partial charge in [-0.2, -0.15) is 0 Å². The number of likely N-dealkylation sites (N-methyl/N-ethyl adjacent to an activating group) is 1. The highest BCUT2D eigenvalue weighted by Crippen LogP contribution is 2.28. The van der Waals surface area contributed by atoms with Gasteiger partial charge in [0.05, 0.1) is 6.54 Å². The van der Waals surface area contributed by atoms with Crippen molar-refractivity contribution in [3.05, 3.63) is 0 Å². The van der Waals surface area contributed by atoms with Crippen molar-refractivity contribution in [2.75, 3.05) is 13.6 Å². The van der Waals surface area contributed by atoms with Gasteiger partial charge in [0.15, 0.2) is 5.84 Å². The van der Waals surface area contributed by atoms with Gasteiger partial charge in [-0.3, -0.25) is 4.90 Å². The summed E-state index contributed by atoms with van der Waals surface area (Å²) in [6.07, 6.45) is 6.44. The SMILES string of the molecule is CCC1CCCC(N(C)CC(N)=NO)C1. The second-order valence-electron chi connectivity index (χ2n) is 4.60. The van der Waals surface area contributed by atoms with Gasteiger partial charge in [-0.1, -0.05) is 31.3 Å². The van der Waals surface area contributed by atoms with Crippen molar-refractivity contribution in [3.63, 3.8) is 0 Å². The van der Waals surface area contributed by atoms with E-state index in [4.69, 9.17) is 10.9 Å². The summed E-state index contributed by atoms with van der Waals surface area (Å²) in [4.78, 5) is 2.21. The molecule has 4 nitrogen and oxygen atoms in total. The van der Waals surface area contributed by atoms with Gasteiger partial charge in [-0.15, -0.1) is 0 Å². The number of nitrogens with zero attached hydrogens (tertiary/aromatic N) is 2. The molecule has 0 radical (unpaired) electrons. The quantitative estimate of drug-likeness (QED) is 0.323. The third kappa shape index (κ3) is 3.70. The number of rotatable bonds is 4. The Morgan fingerprint density at radius 1 is 1.53 bits per heavy atom. The molecular formula is C11H23N3O. The van der Waals surface area contributed by atoms with Crippen LogP contribution in [0.2, 0.25) is 0 Å². The van der Waals surface area contributed by atoms with Crippen molar-refractivity contribution >= 4 is 5.84 Å². The summed E-state index contributed by atoms with van der Waals surface area (Å²) in [6.45, 7) is 2.83. The number of nitrogens with two attached hydrogens (primary N) is 1. The van der Waals surface area contributed by atoms with Crippen LogP contribution >= 0.6 is 0 Å². The Balaban J connectivity index is 2.41. The average molecular weight is 213 g/mol. The molecule has 2 atom stereocenters. The van der Waals surface area contributed by atoms with E-state index in [1.54, 1.807) is 0 Å². The average Bonchev–Trinajstić information content (AvgIpc) is 2.28. The van der Waals surface area contributed by atoms with Crippen molar-refractivity contribution in [1.82, 2.24) is 4.90 Å². The Labute approximate surface area is 92.1 Å². The Hall–Kier alpha value is -0.770. The normalized spacial score (nSPS) is 28.3. The van der Waals surface area contributed by atoms with E-state index in [-0.39, 0.29) is 0 Å². The summed E-state index contributed by atoms with van der Waals surface area (Å²) in [5.41, 5.74) is 5.51. The van der Waals surface area contributed by atoms with Crippen LogP contribution in [0.25, 0.3) is 0 Å². The molecule has 1 saturated carbocycles. The van der Waals surface area contributed by atoms with Crippen LogP contribution in [0.1, 0.15) is 39.0 Å². The fourth-order valence-electron chi connectivity index (χ4n) is 2.45. The number of oxime groups is 1. The molecule has 1 aliphatic rings. The van der Waals surface area contributed by atoms with Crippen molar-refractivity contribution in [2.45, 2.75) is 45.1 Å². The fraction of sp³-hybridized carbons (Fsp3) is 0.909. The molecular weight excluding hydrogens is 190 g/mol. The molecule has 2 unspecified atom stereocenters. The summed E-state index contributed by atoms with van der Waals surface area (Å²) < 4.78 is 0. The van der Waals surface area contributed by atoms with Gasteiger partial charge in [-0.05, 0) is 25.8 Å². The van der Waals surface area contributed by atoms with Crippen LogP contribution in [0.4, 0.5) is 0 Å². The molecule has 1 aliphatic carbocycles. The van der Waals surface area contributed by atoms with E-state index in [1.807, 2.05) is 0 Å². The van der Waals surface area contributed by atoms with E-state index in [0.29, 0.717) is 18.4 Å². The van der Waals surface area contributed by atoms with Gasteiger partial charge >= 0.3 is 0 Å². The lowest BCUT2D eigenvalue weighted by molar-refractivity contribution is 0.171. The smallest absolute Gasteiger partial charge is 0.153 e. The molecule has 0 aliphatic heterocycles. The van der Waals surface area contributed by atoms with Crippen LogP contribution in [-0.4, -0.2) is 35.6 Å². The minimum absolute atomic E-state index is 0.302. The maximum Gasteiger partial charge on any atom is 0.153 e. The van der Waals surface area contributed by atoms with Crippen LogP contribution in [0.5, 0.6) is 0 Å². The predicted octanol–water partition coefficient (Wildman–Crippen LogP) is 1.63. The lowest BCUT2D eigenvalue weighted by Gasteiger charge is -2.34. The first-order valence-corrected chi connectivity index (χ1v) is 5.84. The molecule has 0 aromatic heterocycles. The predicted molar refractivity (Wildman–Crippen MR) is 62.1 cm³/mol. The molecule has 0 aromatic carbocycles. The second-order valence-corrected chi connectivity index (χ2v) is 4.60. The molecule has 0 amide bonds. The first-order chi connectivity index (χ1) is 7.17. The fourth-order valence-corrected chi connectivity index (χ4v) is 2.45. The number of amidine groups is 1. The van der Waals surface area contributed by atoms with Gasteiger partial charge in [0.1, 0.15) is 0 Å². The first-order valence-electron chi connectivity index (χ1n) is 5.84. The molecule has 1 rings (SSSR count). The molecule has 4 heteroatoms. The summed E-state index contributed by atoms with van der Waals surface area (Å²) in [7, 11) is 2.06. The third-order valence-corrected chi connectivity index (χ3v) is 3.50. The molecule has 0 bridgehead atoms. The Morgan fingerprint density at radius 2 is 2.27 bits per heavy atom. The van der Waals surface area contributed by atoms with Crippen LogP contribution in [0.15, 0.2) is 5.16 Å². The van der Waals surface area contributed by atoms with Crippen molar-refractivity contribution in [1.29, 1.82) is 0 Å². The maximum atomic E-state index is 8.52. The zero-order valence-electron chi connectivity index (χ0n) is 9.82. The Kier molecular flexibility index (Phi) is 4.88.